The number of carbonyl (C=O) groups excluding carboxylic acids is 1. The van der Waals surface area contributed by atoms with Crippen LogP contribution in [0, 0.1) is 5.92 Å². The predicted octanol–water partition coefficient (Wildman–Crippen LogP) is 2.49. The van der Waals surface area contributed by atoms with E-state index in [9.17, 15) is 4.79 Å². The standard InChI is InChI=1S/C11H20O3/c1-4-6-11(14-10(3)12)8-9(2)5-7-13-11/h9H,4-8H2,1-3H3. The van der Waals surface area contributed by atoms with Gasteiger partial charge in [0.1, 0.15) is 0 Å². The van der Waals surface area contributed by atoms with E-state index in [-0.39, 0.29) is 5.97 Å². The number of hydrogen-bond acceptors (Lipinski definition) is 3. The Morgan fingerprint density at radius 2 is 2.36 bits per heavy atom. The third kappa shape index (κ3) is 2.98. The highest BCUT2D eigenvalue weighted by atomic mass is 16.7. The fourth-order valence-corrected chi connectivity index (χ4v) is 2.08. The first-order valence-corrected chi connectivity index (χ1v) is 5.41. The SMILES string of the molecule is CCCC1(OC(C)=O)CC(C)CCO1. The second kappa shape index (κ2) is 4.78. The number of hydrogen-bond donors (Lipinski definition) is 0. The second-order valence-electron chi connectivity index (χ2n) is 4.20. The molecule has 0 saturated carbocycles. The van der Waals surface area contributed by atoms with Gasteiger partial charge in [0.15, 0.2) is 0 Å². The molecule has 0 aromatic heterocycles. The minimum Gasteiger partial charge on any atom is -0.433 e. The molecule has 3 heteroatoms. The summed E-state index contributed by atoms with van der Waals surface area (Å²) in [6.07, 6.45) is 3.67. The second-order valence-corrected chi connectivity index (χ2v) is 4.20. The Hall–Kier alpha value is -0.570. The summed E-state index contributed by atoms with van der Waals surface area (Å²) in [5.41, 5.74) is 0. The lowest BCUT2D eigenvalue weighted by atomic mass is 9.92. The molecular formula is C11H20O3. The van der Waals surface area contributed by atoms with Crippen molar-refractivity contribution in [1.82, 2.24) is 0 Å². The van der Waals surface area contributed by atoms with Gasteiger partial charge in [-0.1, -0.05) is 13.8 Å². The van der Waals surface area contributed by atoms with Crippen LogP contribution in [0.4, 0.5) is 0 Å². The highest BCUT2D eigenvalue weighted by Gasteiger charge is 2.38. The Labute approximate surface area is 85.8 Å². The summed E-state index contributed by atoms with van der Waals surface area (Å²) in [5.74, 6) is -0.291. The molecule has 0 amide bonds. The van der Waals surface area contributed by atoms with Gasteiger partial charge in [-0.3, -0.25) is 4.79 Å². The van der Waals surface area contributed by atoms with E-state index in [2.05, 4.69) is 13.8 Å². The average molecular weight is 200 g/mol. The molecule has 2 unspecified atom stereocenters. The Balaban J connectivity index is 2.64. The van der Waals surface area contributed by atoms with Crippen LogP contribution in [0.5, 0.6) is 0 Å². The monoisotopic (exact) mass is 200 g/mol. The van der Waals surface area contributed by atoms with E-state index in [0.29, 0.717) is 12.5 Å². The zero-order valence-electron chi connectivity index (χ0n) is 9.34. The molecule has 14 heavy (non-hydrogen) atoms. The van der Waals surface area contributed by atoms with E-state index in [1.54, 1.807) is 0 Å². The summed E-state index contributed by atoms with van der Waals surface area (Å²) in [4.78, 5) is 11.0. The maximum Gasteiger partial charge on any atom is 0.305 e. The van der Waals surface area contributed by atoms with Gasteiger partial charge in [0.25, 0.3) is 0 Å². The maximum absolute atomic E-state index is 11.0. The van der Waals surface area contributed by atoms with Gasteiger partial charge in [0.2, 0.25) is 5.79 Å². The fourth-order valence-electron chi connectivity index (χ4n) is 2.08. The van der Waals surface area contributed by atoms with Crippen molar-refractivity contribution in [2.24, 2.45) is 5.92 Å². The van der Waals surface area contributed by atoms with E-state index >= 15 is 0 Å². The van der Waals surface area contributed by atoms with Crippen molar-refractivity contribution in [3.63, 3.8) is 0 Å². The molecule has 3 nitrogen and oxygen atoms in total. The summed E-state index contributed by atoms with van der Waals surface area (Å²) in [5, 5.41) is 0. The van der Waals surface area contributed by atoms with Crippen LogP contribution in [-0.4, -0.2) is 18.4 Å². The van der Waals surface area contributed by atoms with Gasteiger partial charge < -0.3 is 9.47 Å². The van der Waals surface area contributed by atoms with Crippen LogP contribution in [0.2, 0.25) is 0 Å². The fraction of sp³-hybridized carbons (Fsp3) is 0.909. The van der Waals surface area contributed by atoms with Gasteiger partial charge >= 0.3 is 5.97 Å². The lowest BCUT2D eigenvalue weighted by Gasteiger charge is -2.38. The van der Waals surface area contributed by atoms with Crippen molar-refractivity contribution in [2.75, 3.05) is 6.61 Å². The molecule has 1 aliphatic heterocycles. The summed E-state index contributed by atoms with van der Waals surface area (Å²) >= 11 is 0. The molecule has 82 valence electrons. The zero-order valence-corrected chi connectivity index (χ0v) is 9.34. The predicted molar refractivity (Wildman–Crippen MR) is 53.8 cm³/mol. The Morgan fingerprint density at radius 1 is 1.64 bits per heavy atom. The molecule has 1 heterocycles. The van der Waals surface area contributed by atoms with E-state index in [0.717, 1.165) is 25.7 Å². The van der Waals surface area contributed by atoms with Gasteiger partial charge in [-0.25, -0.2) is 0 Å². The van der Waals surface area contributed by atoms with E-state index in [1.165, 1.54) is 6.92 Å². The third-order valence-corrected chi connectivity index (χ3v) is 2.60. The van der Waals surface area contributed by atoms with E-state index in [1.807, 2.05) is 0 Å². The molecule has 0 bridgehead atoms. The van der Waals surface area contributed by atoms with Crippen LogP contribution in [-0.2, 0) is 14.3 Å². The van der Waals surface area contributed by atoms with Crippen LogP contribution in [0.15, 0.2) is 0 Å². The van der Waals surface area contributed by atoms with Crippen molar-refractivity contribution in [3.8, 4) is 0 Å². The van der Waals surface area contributed by atoms with Crippen LogP contribution in [0.25, 0.3) is 0 Å². The summed E-state index contributed by atoms with van der Waals surface area (Å²) in [7, 11) is 0. The Bertz CT molecular complexity index is 199. The highest BCUT2D eigenvalue weighted by Crippen LogP contribution is 2.34. The smallest absolute Gasteiger partial charge is 0.305 e. The Kier molecular flexibility index (Phi) is 3.93. The van der Waals surface area contributed by atoms with Gasteiger partial charge in [0.05, 0.1) is 6.61 Å². The molecular weight excluding hydrogens is 180 g/mol. The molecule has 0 aromatic rings. The number of carbonyl (C=O) groups is 1. The Morgan fingerprint density at radius 3 is 2.86 bits per heavy atom. The minimum atomic E-state index is -0.627. The van der Waals surface area contributed by atoms with Gasteiger partial charge in [-0.05, 0) is 18.8 Å². The van der Waals surface area contributed by atoms with Crippen LogP contribution in [0.1, 0.15) is 46.5 Å². The molecule has 1 saturated heterocycles. The summed E-state index contributed by atoms with van der Waals surface area (Å²) in [6.45, 7) is 6.40. The van der Waals surface area contributed by atoms with Crippen molar-refractivity contribution in [3.05, 3.63) is 0 Å². The van der Waals surface area contributed by atoms with Crippen molar-refractivity contribution >= 4 is 5.97 Å². The molecule has 0 aliphatic carbocycles. The van der Waals surface area contributed by atoms with Crippen LogP contribution >= 0.6 is 0 Å². The van der Waals surface area contributed by atoms with E-state index < -0.39 is 5.79 Å². The summed E-state index contributed by atoms with van der Waals surface area (Å²) in [6, 6.07) is 0. The van der Waals surface area contributed by atoms with Crippen LogP contribution in [0.3, 0.4) is 0 Å². The van der Waals surface area contributed by atoms with Gasteiger partial charge in [0, 0.05) is 19.8 Å². The van der Waals surface area contributed by atoms with Gasteiger partial charge in [-0.2, -0.15) is 0 Å². The zero-order chi connectivity index (χ0) is 10.6. The molecule has 1 fully saturated rings. The first-order valence-electron chi connectivity index (χ1n) is 5.41. The van der Waals surface area contributed by atoms with Crippen molar-refractivity contribution in [1.29, 1.82) is 0 Å². The minimum absolute atomic E-state index is 0.243. The maximum atomic E-state index is 11.0. The lowest BCUT2D eigenvalue weighted by Crippen LogP contribution is -2.43. The van der Waals surface area contributed by atoms with Gasteiger partial charge in [-0.15, -0.1) is 0 Å². The molecule has 0 spiro atoms. The number of ether oxygens (including phenoxy) is 2. The molecule has 0 aromatic carbocycles. The molecule has 0 radical (unpaired) electrons. The molecule has 1 rings (SSSR count). The first kappa shape index (κ1) is 11.5. The number of esters is 1. The van der Waals surface area contributed by atoms with Crippen LogP contribution < -0.4 is 0 Å². The lowest BCUT2D eigenvalue weighted by molar-refractivity contribution is -0.255. The topological polar surface area (TPSA) is 35.5 Å². The quantitative estimate of drug-likeness (QED) is 0.656. The van der Waals surface area contributed by atoms with E-state index in [4.69, 9.17) is 9.47 Å². The third-order valence-electron chi connectivity index (χ3n) is 2.60. The summed E-state index contributed by atoms with van der Waals surface area (Å²) < 4.78 is 11.0. The molecule has 1 aliphatic rings. The average Bonchev–Trinajstić information content (AvgIpc) is 2.02. The molecule has 2 atom stereocenters. The van der Waals surface area contributed by atoms with Crippen molar-refractivity contribution in [2.45, 2.75) is 52.2 Å². The molecule has 0 N–H and O–H groups in total. The van der Waals surface area contributed by atoms with Crippen molar-refractivity contribution < 1.29 is 14.3 Å². The number of rotatable bonds is 3. The normalized spacial score (nSPS) is 32.6. The first-order chi connectivity index (χ1) is 6.58. The largest absolute Gasteiger partial charge is 0.433 e. The highest BCUT2D eigenvalue weighted by molar-refractivity contribution is 5.66.